The van der Waals surface area contributed by atoms with E-state index in [1.54, 1.807) is 0 Å². The second-order valence-electron chi connectivity index (χ2n) is 6.21. The zero-order valence-electron chi connectivity index (χ0n) is 15.2. The molecule has 0 unspecified atom stereocenters. The van der Waals surface area contributed by atoms with Crippen molar-refractivity contribution in [3.8, 4) is 17.0 Å². The topological polar surface area (TPSA) is 64.1 Å². The first-order valence-corrected chi connectivity index (χ1v) is 10.4. The average molecular weight is 466 g/mol. The van der Waals surface area contributed by atoms with Crippen LogP contribution in [0.15, 0.2) is 83.3 Å². The van der Waals surface area contributed by atoms with Gasteiger partial charge in [0.25, 0.3) is 5.91 Å². The van der Waals surface area contributed by atoms with Gasteiger partial charge in [0.1, 0.15) is 22.9 Å². The zero-order valence-corrected chi connectivity index (χ0v) is 17.6. The first-order valence-electron chi connectivity index (χ1n) is 8.85. The molecular formula is C22H16BrN3O2S. The van der Waals surface area contributed by atoms with Crippen molar-refractivity contribution in [3.05, 3.63) is 93.8 Å². The quantitative estimate of drug-likeness (QED) is 0.390. The lowest BCUT2D eigenvalue weighted by molar-refractivity contribution is 0.103. The lowest BCUT2D eigenvalue weighted by atomic mass is 10.1. The summed E-state index contributed by atoms with van der Waals surface area (Å²) >= 11 is 4.48. The lowest BCUT2D eigenvalue weighted by Gasteiger charge is -2.08. The third-order valence-corrected chi connectivity index (χ3v) is 5.43. The van der Waals surface area contributed by atoms with Crippen LogP contribution in [0, 0.1) is 0 Å². The van der Waals surface area contributed by atoms with E-state index >= 15 is 0 Å². The largest absolute Gasteiger partial charge is 0.489 e. The normalized spacial score (nSPS) is 10.5. The Balaban J connectivity index is 1.41. The summed E-state index contributed by atoms with van der Waals surface area (Å²) in [5.41, 5.74) is 3.19. The molecule has 0 atom stereocenters. The van der Waals surface area contributed by atoms with Crippen LogP contribution in [0.1, 0.15) is 15.2 Å². The standard InChI is InChI=1S/C22H16BrN3O2S/c23-17-8-6-16(7-9-17)20-21(29-26-25-20)22(27)24-18-10-12-19(13-11-18)28-14-15-4-2-1-3-5-15/h1-13H,14H2,(H,24,27). The van der Waals surface area contributed by atoms with Gasteiger partial charge in [-0.15, -0.1) is 5.10 Å². The molecule has 0 radical (unpaired) electrons. The highest BCUT2D eigenvalue weighted by atomic mass is 79.9. The van der Waals surface area contributed by atoms with E-state index in [9.17, 15) is 4.79 Å². The van der Waals surface area contributed by atoms with Gasteiger partial charge in [-0.3, -0.25) is 4.79 Å². The molecule has 0 saturated heterocycles. The molecule has 0 aliphatic heterocycles. The van der Waals surface area contributed by atoms with E-state index in [0.717, 1.165) is 32.9 Å². The summed E-state index contributed by atoms with van der Waals surface area (Å²) < 4.78 is 10.7. The minimum atomic E-state index is -0.240. The number of ether oxygens (including phenoxy) is 1. The Bertz CT molecular complexity index is 1100. The number of nitrogens with one attached hydrogen (secondary N) is 1. The van der Waals surface area contributed by atoms with Crippen LogP contribution in [0.4, 0.5) is 5.69 Å². The van der Waals surface area contributed by atoms with E-state index in [1.807, 2.05) is 78.9 Å². The number of benzene rings is 3. The van der Waals surface area contributed by atoms with Crippen LogP contribution in [-0.2, 0) is 6.61 Å². The van der Waals surface area contributed by atoms with Gasteiger partial charge in [0.15, 0.2) is 0 Å². The maximum atomic E-state index is 12.7. The third-order valence-electron chi connectivity index (χ3n) is 4.17. The Hall–Kier alpha value is -3.03. The Kier molecular flexibility index (Phi) is 5.97. The SMILES string of the molecule is O=C(Nc1ccc(OCc2ccccc2)cc1)c1snnc1-c1ccc(Br)cc1. The van der Waals surface area contributed by atoms with Crippen molar-refractivity contribution in [2.24, 2.45) is 0 Å². The van der Waals surface area contributed by atoms with Crippen molar-refractivity contribution in [1.29, 1.82) is 0 Å². The van der Waals surface area contributed by atoms with E-state index in [4.69, 9.17) is 4.74 Å². The van der Waals surface area contributed by atoms with Gasteiger partial charge in [0.05, 0.1) is 0 Å². The zero-order chi connectivity index (χ0) is 20.1. The van der Waals surface area contributed by atoms with Gasteiger partial charge in [-0.2, -0.15) is 0 Å². The second-order valence-corrected chi connectivity index (χ2v) is 7.88. The number of hydrogen-bond acceptors (Lipinski definition) is 5. The van der Waals surface area contributed by atoms with E-state index in [2.05, 4.69) is 30.8 Å². The van der Waals surface area contributed by atoms with Crippen LogP contribution >= 0.6 is 27.5 Å². The minimum Gasteiger partial charge on any atom is -0.489 e. The maximum absolute atomic E-state index is 12.7. The second kappa shape index (κ2) is 8.98. The molecule has 1 N–H and O–H groups in total. The number of anilines is 1. The Labute approximate surface area is 180 Å². The fraction of sp³-hybridized carbons (Fsp3) is 0.0455. The van der Waals surface area contributed by atoms with Gasteiger partial charge in [-0.25, -0.2) is 0 Å². The Morgan fingerprint density at radius 2 is 1.69 bits per heavy atom. The first-order chi connectivity index (χ1) is 14.2. The van der Waals surface area contributed by atoms with Gasteiger partial charge in [0, 0.05) is 15.7 Å². The molecule has 1 amide bonds. The third kappa shape index (κ3) is 4.88. The number of rotatable bonds is 6. The highest BCUT2D eigenvalue weighted by Gasteiger charge is 2.18. The molecule has 1 heterocycles. The fourth-order valence-electron chi connectivity index (χ4n) is 2.70. The van der Waals surface area contributed by atoms with E-state index in [1.165, 1.54) is 0 Å². The van der Waals surface area contributed by atoms with Crippen LogP contribution < -0.4 is 10.1 Å². The lowest BCUT2D eigenvalue weighted by Crippen LogP contribution is -2.11. The summed E-state index contributed by atoms with van der Waals surface area (Å²) in [6.07, 6.45) is 0. The summed E-state index contributed by atoms with van der Waals surface area (Å²) in [4.78, 5) is 13.2. The molecule has 0 aliphatic carbocycles. The molecule has 0 aliphatic rings. The van der Waals surface area contributed by atoms with Gasteiger partial charge in [-0.05, 0) is 53.5 Å². The molecule has 144 valence electrons. The summed E-state index contributed by atoms with van der Waals surface area (Å²) in [5.74, 6) is 0.498. The molecule has 7 heteroatoms. The fourth-order valence-corrected chi connectivity index (χ4v) is 3.55. The molecule has 0 bridgehead atoms. The van der Waals surface area contributed by atoms with Crippen LogP contribution in [0.5, 0.6) is 5.75 Å². The van der Waals surface area contributed by atoms with Crippen molar-refractivity contribution < 1.29 is 9.53 Å². The maximum Gasteiger partial charge on any atom is 0.269 e. The van der Waals surface area contributed by atoms with Gasteiger partial charge in [-0.1, -0.05) is 62.9 Å². The predicted molar refractivity (Wildman–Crippen MR) is 118 cm³/mol. The van der Waals surface area contributed by atoms with Crippen molar-refractivity contribution in [1.82, 2.24) is 9.59 Å². The number of hydrogen-bond donors (Lipinski definition) is 1. The molecule has 4 rings (SSSR count). The first kappa shape index (κ1) is 19.3. The monoisotopic (exact) mass is 465 g/mol. The minimum absolute atomic E-state index is 0.240. The molecular weight excluding hydrogens is 450 g/mol. The van der Waals surface area contributed by atoms with Gasteiger partial charge in [0.2, 0.25) is 0 Å². The van der Waals surface area contributed by atoms with Crippen LogP contribution in [-0.4, -0.2) is 15.5 Å². The van der Waals surface area contributed by atoms with Crippen molar-refractivity contribution in [2.75, 3.05) is 5.32 Å². The van der Waals surface area contributed by atoms with Crippen molar-refractivity contribution in [3.63, 3.8) is 0 Å². The number of aromatic nitrogens is 2. The number of nitrogens with zero attached hydrogens (tertiary/aromatic N) is 2. The molecule has 1 aromatic heterocycles. The summed E-state index contributed by atoms with van der Waals surface area (Å²) in [5, 5.41) is 7.01. The molecule has 29 heavy (non-hydrogen) atoms. The number of amides is 1. The molecule has 3 aromatic carbocycles. The Morgan fingerprint density at radius 3 is 2.41 bits per heavy atom. The van der Waals surface area contributed by atoms with Crippen LogP contribution in [0.25, 0.3) is 11.3 Å². The number of carbonyl (C=O) groups is 1. The molecule has 0 saturated carbocycles. The van der Waals surface area contributed by atoms with Gasteiger partial charge < -0.3 is 10.1 Å². The van der Waals surface area contributed by atoms with Crippen LogP contribution in [0.3, 0.4) is 0 Å². The summed E-state index contributed by atoms with van der Waals surface area (Å²) in [6.45, 7) is 0.496. The molecule has 4 aromatic rings. The molecule has 0 spiro atoms. The van der Waals surface area contributed by atoms with Crippen molar-refractivity contribution in [2.45, 2.75) is 6.61 Å². The number of halogens is 1. The number of carbonyl (C=O) groups excluding carboxylic acids is 1. The average Bonchev–Trinajstić information content (AvgIpc) is 3.25. The highest BCUT2D eigenvalue weighted by Crippen LogP contribution is 2.26. The molecule has 5 nitrogen and oxygen atoms in total. The smallest absolute Gasteiger partial charge is 0.269 e. The van der Waals surface area contributed by atoms with E-state index in [0.29, 0.717) is 22.9 Å². The summed E-state index contributed by atoms with van der Waals surface area (Å²) in [7, 11) is 0. The highest BCUT2D eigenvalue weighted by molar-refractivity contribution is 9.10. The van der Waals surface area contributed by atoms with Gasteiger partial charge >= 0.3 is 0 Å². The van der Waals surface area contributed by atoms with E-state index < -0.39 is 0 Å². The molecule has 0 fully saturated rings. The predicted octanol–water partition coefficient (Wildman–Crippen LogP) is 5.80. The van der Waals surface area contributed by atoms with E-state index in [-0.39, 0.29) is 5.91 Å². The Morgan fingerprint density at radius 1 is 0.966 bits per heavy atom. The summed E-state index contributed by atoms with van der Waals surface area (Å²) in [6, 6.07) is 24.9. The van der Waals surface area contributed by atoms with Crippen molar-refractivity contribution >= 4 is 39.1 Å². The van der Waals surface area contributed by atoms with Crippen LogP contribution in [0.2, 0.25) is 0 Å².